The molecule has 0 fully saturated rings. The summed E-state index contributed by atoms with van der Waals surface area (Å²) in [4.78, 5) is 4.01. The Labute approximate surface area is 64.2 Å². The summed E-state index contributed by atoms with van der Waals surface area (Å²) in [5, 5.41) is 8.16. The summed E-state index contributed by atoms with van der Waals surface area (Å²) in [7, 11) is 1.87. The van der Waals surface area contributed by atoms with Gasteiger partial charge in [0.25, 0.3) is 0 Å². The molecule has 1 aliphatic rings. The molecule has 0 saturated heterocycles. The van der Waals surface area contributed by atoms with Gasteiger partial charge in [-0.2, -0.15) is 5.10 Å². The van der Waals surface area contributed by atoms with Gasteiger partial charge in [-0.1, -0.05) is 0 Å². The van der Waals surface area contributed by atoms with Gasteiger partial charge in [-0.05, 0) is 6.07 Å². The smallest absolute Gasteiger partial charge is 0.180 e. The third kappa shape index (κ3) is 1.02. The van der Waals surface area contributed by atoms with Crippen molar-refractivity contribution in [2.24, 2.45) is 12.0 Å². The molecule has 0 spiro atoms. The summed E-state index contributed by atoms with van der Waals surface area (Å²) in [6.07, 6.45) is 5.18. The first-order chi connectivity index (χ1) is 5.36. The van der Waals surface area contributed by atoms with Crippen LogP contribution >= 0.6 is 0 Å². The molecule has 1 aromatic heterocycles. The summed E-state index contributed by atoms with van der Waals surface area (Å²) in [6.45, 7) is 0. The largest absolute Gasteiger partial charge is 0.275 e. The van der Waals surface area contributed by atoms with E-state index in [1.54, 1.807) is 17.1 Å². The van der Waals surface area contributed by atoms with E-state index in [1.165, 1.54) is 0 Å². The van der Waals surface area contributed by atoms with Gasteiger partial charge < -0.3 is 0 Å². The minimum atomic E-state index is 0.686. The number of amidine groups is 1. The molecule has 4 heteroatoms. The SMILES string of the molecule is Cn1ccc(C2=NC=C[N]2)n1. The molecule has 0 atom stereocenters. The van der Waals surface area contributed by atoms with Crippen molar-refractivity contribution in [1.29, 1.82) is 0 Å². The molecule has 2 rings (SSSR count). The third-order valence-electron chi connectivity index (χ3n) is 1.40. The lowest BCUT2D eigenvalue weighted by molar-refractivity contribution is 0.763. The van der Waals surface area contributed by atoms with E-state index in [2.05, 4.69) is 15.4 Å². The van der Waals surface area contributed by atoms with E-state index in [0.29, 0.717) is 5.84 Å². The van der Waals surface area contributed by atoms with Crippen molar-refractivity contribution in [1.82, 2.24) is 15.1 Å². The summed E-state index contributed by atoms with van der Waals surface area (Å²) >= 11 is 0. The van der Waals surface area contributed by atoms with E-state index in [-0.39, 0.29) is 0 Å². The zero-order valence-electron chi connectivity index (χ0n) is 6.10. The first-order valence-electron chi connectivity index (χ1n) is 3.30. The van der Waals surface area contributed by atoms with Gasteiger partial charge in [0, 0.05) is 25.6 Å². The normalized spacial score (nSPS) is 14.8. The molecule has 0 N–H and O–H groups in total. The van der Waals surface area contributed by atoms with Crippen molar-refractivity contribution < 1.29 is 0 Å². The van der Waals surface area contributed by atoms with E-state index < -0.39 is 0 Å². The molecule has 0 bridgehead atoms. The Kier molecular flexibility index (Phi) is 1.25. The molecule has 1 radical (unpaired) electrons. The van der Waals surface area contributed by atoms with Crippen molar-refractivity contribution in [2.75, 3.05) is 0 Å². The summed E-state index contributed by atoms with van der Waals surface area (Å²) in [5.41, 5.74) is 0.817. The van der Waals surface area contributed by atoms with Crippen LogP contribution in [0.5, 0.6) is 0 Å². The van der Waals surface area contributed by atoms with Crippen LogP contribution in [0, 0.1) is 0 Å². The fraction of sp³-hybridized carbons (Fsp3) is 0.143. The first kappa shape index (κ1) is 6.15. The highest BCUT2D eigenvalue weighted by Gasteiger charge is 2.07. The molecule has 1 aromatic rings. The summed E-state index contributed by atoms with van der Waals surface area (Å²) < 4.78 is 1.73. The lowest BCUT2D eigenvalue weighted by Gasteiger charge is -1.91. The lowest BCUT2D eigenvalue weighted by atomic mass is 10.4. The number of nitrogens with zero attached hydrogens (tertiary/aromatic N) is 4. The quantitative estimate of drug-likeness (QED) is 0.561. The van der Waals surface area contributed by atoms with Crippen molar-refractivity contribution >= 4 is 5.84 Å². The minimum absolute atomic E-state index is 0.686. The van der Waals surface area contributed by atoms with Gasteiger partial charge in [-0.3, -0.25) is 4.68 Å². The predicted octanol–water partition coefficient (Wildman–Crippen LogP) is 0.256. The van der Waals surface area contributed by atoms with Crippen LogP contribution in [-0.4, -0.2) is 15.6 Å². The van der Waals surface area contributed by atoms with Crippen LogP contribution in [0.4, 0.5) is 0 Å². The van der Waals surface area contributed by atoms with E-state index >= 15 is 0 Å². The molecule has 0 unspecified atom stereocenters. The standard InChI is InChI=1S/C7H7N4/c1-11-5-2-6(10-11)7-8-3-4-9-7/h2-5H,1H3. The molecule has 0 amide bonds. The average Bonchev–Trinajstić information content (AvgIpc) is 2.55. The molecule has 2 heterocycles. The predicted molar refractivity (Wildman–Crippen MR) is 41.0 cm³/mol. The molecule has 0 aromatic carbocycles. The number of rotatable bonds is 1. The molecule has 1 aliphatic heterocycles. The second kappa shape index (κ2) is 2.23. The summed E-state index contributed by atoms with van der Waals surface area (Å²) in [5.74, 6) is 0.686. The molecule has 11 heavy (non-hydrogen) atoms. The maximum atomic E-state index is 4.14. The van der Waals surface area contributed by atoms with Gasteiger partial charge in [0.2, 0.25) is 0 Å². The topological polar surface area (TPSA) is 44.3 Å². The fourth-order valence-electron chi connectivity index (χ4n) is 0.908. The molecule has 4 nitrogen and oxygen atoms in total. The zero-order valence-corrected chi connectivity index (χ0v) is 6.10. The van der Waals surface area contributed by atoms with Crippen molar-refractivity contribution in [3.63, 3.8) is 0 Å². The van der Waals surface area contributed by atoms with Crippen LogP contribution < -0.4 is 5.32 Å². The van der Waals surface area contributed by atoms with Crippen LogP contribution in [0.3, 0.4) is 0 Å². The van der Waals surface area contributed by atoms with Crippen molar-refractivity contribution in [3.8, 4) is 0 Å². The van der Waals surface area contributed by atoms with Crippen LogP contribution in [-0.2, 0) is 7.05 Å². The first-order valence-corrected chi connectivity index (χ1v) is 3.30. The molecular weight excluding hydrogens is 140 g/mol. The Balaban J connectivity index is 2.30. The zero-order chi connectivity index (χ0) is 7.68. The van der Waals surface area contributed by atoms with Gasteiger partial charge >= 0.3 is 0 Å². The maximum Gasteiger partial charge on any atom is 0.180 e. The highest BCUT2D eigenvalue weighted by atomic mass is 15.3. The lowest BCUT2D eigenvalue weighted by Crippen LogP contribution is -2.09. The number of hydrogen-bond acceptors (Lipinski definition) is 2. The number of hydrogen-bond donors (Lipinski definition) is 0. The third-order valence-corrected chi connectivity index (χ3v) is 1.40. The van der Waals surface area contributed by atoms with Gasteiger partial charge in [0.15, 0.2) is 5.84 Å². The van der Waals surface area contributed by atoms with E-state index in [0.717, 1.165) is 5.69 Å². The maximum absolute atomic E-state index is 4.14. The minimum Gasteiger partial charge on any atom is -0.275 e. The van der Waals surface area contributed by atoms with Crippen LogP contribution in [0.2, 0.25) is 0 Å². The average molecular weight is 147 g/mol. The van der Waals surface area contributed by atoms with Crippen LogP contribution in [0.15, 0.2) is 29.7 Å². The molecular formula is C7H7N4. The van der Waals surface area contributed by atoms with Gasteiger partial charge in [0.05, 0.1) is 0 Å². The Morgan fingerprint density at radius 2 is 2.27 bits per heavy atom. The van der Waals surface area contributed by atoms with Gasteiger partial charge in [-0.25, -0.2) is 10.3 Å². The summed E-state index contributed by atoms with van der Waals surface area (Å²) in [6, 6.07) is 1.88. The molecule has 55 valence electrons. The van der Waals surface area contributed by atoms with E-state index in [9.17, 15) is 0 Å². The van der Waals surface area contributed by atoms with Crippen molar-refractivity contribution in [3.05, 3.63) is 30.4 Å². The molecule has 0 saturated carbocycles. The van der Waals surface area contributed by atoms with Gasteiger partial charge in [0.1, 0.15) is 5.69 Å². The van der Waals surface area contributed by atoms with Crippen molar-refractivity contribution in [2.45, 2.75) is 0 Å². The number of aryl methyl sites for hydroxylation is 1. The van der Waals surface area contributed by atoms with Gasteiger partial charge in [-0.15, -0.1) is 0 Å². The van der Waals surface area contributed by atoms with E-state index in [4.69, 9.17) is 0 Å². The Morgan fingerprint density at radius 3 is 2.82 bits per heavy atom. The second-order valence-corrected chi connectivity index (χ2v) is 2.25. The highest BCUT2D eigenvalue weighted by molar-refractivity contribution is 5.98. The van der Waals surface area contributed by atoms with E-state index in [1.807, 2.05) is 19.3 Å². The van der Waals surface area contributed by atoms with Crippen LogP contribution in [0.25, 0.3) is 0 Å². The van der Waals surface area contributed by atoms with Crippen LogP contribution in [0.1, 0.15) is 5.69 Å². The Morgan fingerprint density at radius 1 is 1.36 bits per heavy atom. The fourth-order valence-corrected chi connectivity index (χ4v) is 0.908. The Hall–Kier alpha value is -1.58. The molecule has 0 aliphatic carbocycles. The number of aromatic nitrogens is 2. The highest BCUT2D eigenvalue weighted by Crippen LogP contribution is 2.00. The second-order valence-electron chi connectivity index (χ2n) is 2.25. The number of aliphatic imine (C=N–C) groups is 1. The Bertz CT molecular complexity index is 321. The monoisotopic (exact) mass is 147 g/mol.